The van der Waals surface area contributed by atoms with Gasteiger partial charge in [0, 0.05) is 19.5 Å². The van der Waals surface area contributed by atoms with Crippen LogP contribution in [0.15, 0.2) is 18.2 Å². The van der Waals surface area contributed by atoms with Crippen molar-refractivity contribution in [1.82, 2.24) is 4.90 Å². The minimum atomic E-state index is -0.808. The highest BCUT2D eigenvalue weighted by molar-refractivity contribution is 6.42. The number of carboxylic acids is 1. The fourth-order valence-corrected chi connectivity index (χ4v) is 3.05. The van der Waals surface area contributed by atoms with Crippen LogP contribution in [-0.2, 0) is 16.1 Å². The van der Waals surface area contributed by atoms with E-state index in [-0.39, 0.29) is 11.8 Å². The third kappa shape index (κ3) is 3.89. The molecule has 0 bridgehead atoms. The van der Waals surface area contributed by atoms with Gasteiger partial charge in [-0.2, -0.15) is 0 Å². The van der Waals surface area contributed by atoms with Crippen LogP contribution in [0.1, 0.15) is 24.8 Å². The molecule has 0 heterocycles. The Morgan fingerprint density at radius 2 is 1.90 bits per heavy atom. The summed E-state index contributed by atoms with van der Waals surface area (Å²) in [4.78, 5) is 24.9. The number of hydrogen-bond acceptors (Lipinski definition) is 2. The van der Waals surface area contributed by atoms with Crippen molar-refractivity contribution in [1.29, 1.82) is 0 Å². The highest BCUT2D eigenvalue weighted by Gasteiger charge is 2.35. The lowest BCUT2D eigenvalue weighted by atomic mass is 10.0. The summed E-state index contributed by atoms with van der Waals surface area (Å²) in [5, 5.41) is 9.93. The van der Waals surface area contributed by atoms with Crippen LogP contribution >= 0.6 is 23.2 Å². The van der Waals surface area contributed by atoms with E-state index in [1.54, 1.807) is 24.1 Å². The normalized spacial score (nSPS) is 21.3. The number of amides is 1. The largest absolute Gasteiger partial charge is 0.481 e. The molecule has 0 spiro atoms. The zero-order chi connectivity index (χ0) is 15.6. The van der Waals surface area contributed by atoms with E-state index < -0.39 is 11.9 Å². The van der Waals surface area contributed by atoms with E-state index in [2.05, 4.69) is 0 Å². The van der Waals surface area contributed by atoms with Crippen LogP contribution in [0.3, 0.4) is 0 Å². The standard InChI is InChI=1S/C15H17Cl2NO3/c1-18(8-9-2-5-12(16)13(17)6-9)14(19)10-3-4-11(7-10)15(20)21/h2,5-6,10-11H,3-4,7-8H2,1H3,(H,20,21). The van der Waals surface area contributed by atoms with Crippen LogP contribution < -0.4 is 0 Å². The third-order valence-corrected chi connectivity index (χ3v) is 4.65. The predicted molar refractivity (Wildman–Crippen MR) is 81.4 cm³/mol. The van der Waals surface area contributed by atoms with Crippen LogP contribution in [0, 0.1) is 11.8 Å². The number of nitrogens with zero attached hydrogens (tertiary/aromatic N) is 1. The molecular weight excluding hydrogens is 313 g/mol. The summed E-state index contributed by atoms with van der Waals surface area (Å²) in [6.45, 7) is 0.434. The van der Waals surface area contributed by atoms with Gasteiger partial charge in [0.1, 0.15) is 0 Å². The number of halogens is 2. The lowest BCUT2D eigenvalue weighted by molar-refractivity contribution is -0.141. The molecule has 1 fully saturated rings. The van der Waals surface area contributed by atoms with E-state index >= 15 is 0 Å². The zero-order valence-electron chi connectivity index (χ0n) is 11.7. The summed E-state index contributed by atoms with van der Waals surface area (Å²) in [6, 6.07) is 5.27. The Balaban J connectivity index is 1.96. The molecule has 1 saturated carbocycles. The molecule has 4 nitrogen and oxygen atoms in total. The van der Waals surface area contributed by atoms with E-state index in [9.17, 15) is 9.59 Å². The Labute approximate surface area is 133 Å². The van der Waals surface area contributed by atoms with Crippen LogP contribution in [-0.4, -0.2) is 28.9 Å². The van der Waals surface area contributed by atoms with Gasteiger partial charge in [-0.15, -0.1) is 0 Å². The smallest absolute Gasteiger partial charge is 0.306 e. The maximum Gasteiger partial charge on any atom is 0.306 e. The minimum absolute atomic E-state index is 0.00942. The van der Waals surface area contributed by atoms with Crippen LogP contribution in [0.4, 0.5) is 0 Å². The van der Waals surface area contributed by atoms with Crippen LogP contribution in [0.2, 0.25) is 10.0 Å². The summed E-state index contributed by atoms with van der Waals surface area (Å²) in [7, 11) is 1.72. The van der Waals surface area contributed by atoms with Gasteiger partial charge < -0.3 is 10.0 Å². The zero-order valence-corrected chi connectivity index (χ0v) is 13.2. The first-order valence-corrected chi connectivity index (χ1v) is 7.55. The number of hydrogen-bond donors (Lipinski definition) is 1. The number of carbonyl (C=O) groups excluding carboxylic acids is 1. The maximum absolute atomic E-state index is 12.3. The van der Waals surface area contributed by atoms with Gasteiger partial charge in [0.05, 0.1) is 16.0 Å². The van der Waals surface area contributed by atoms with E-state index in [1.165, 1.54) is 0 Å². The molecule has 0 aliphatic heterocycles. The summed E-state index contributed by atoms with van der Waals surface area (Å²) in [5.41, 5.74) is 0.896. The molecular formula is C15H17Cl2NO3. The maximum atomic E-state index is 12.3. The van der Waals surface area contributed by atoms with Crippen molar-refractivity contribution in [2.75, 3.05) is 7.05 Å². The Hall–Kier alpha value is -1.26. The van der Waals surface area contributed by atoms with Crippen LogP contribution in [0.5, 0.6) is 0 Å². The van der Waals surface area contributed by atoms with E-state index in [0.717, 1.165) is 5.56 Å². The van der Waals surface area contributed by atoms with Crippen molar-refractivity contribution >= 4 is 35.1 Å². The Kier molecular flexibility index (Phi) is 5.12. The molecule has 1 amide bonds. The molecule has 0 saturated heterocycles. The molecule has 1 aromatic carbocycles. The van der Waals surface area contributed by atoms with Crippen molar-refractivity contribution in [3.63, 3.8) is 0 Å². The van der Waals surface area contributed by atoms with E-state index in [1.807, 2.05) is 6.07 Å². The molecule has 2 unspecified atom stereocenters. The molecule has 2 atom stereocenters. The molecule has 114 valence electrons. The molecule has 0 radical (unpaired) electrons. The van der Waals surface area contributed by atoms with Crippen molar-refractivity contribution < 1.29 is 14.7 Å². The predicted octanol–water partition coefficient (Wildman–Crippen LogP) is 3.45. The van der Waals surface area contributed by atoms with Gasteiger partial charge in [0.2, 0.25) is 5.91 Å². The van der Waals surface area contributed by atoms with Crippen molar-refractivity contribution in [3.05, 3.63) is 33.8 Å². The fourth-order valence-electron chi connectivity index (χ4n) is 2.73. The minimum Gasteiger partial charge on any atom is -0.481 e. The second kappa shape index (κ2) is 6.67. The monoisotopic (exact) mass is 329 g/mol. The van der Waals surface area contributed by atoms with Crippen LogP contribution in [0.25, 0.3) is 0 Å². The number of carbonyl (C=O) groups is 2. The van der Waals surface area contributed by atoms with Gasteiger partial charge in [0.25, 0.3) is 0 Å². The number of carboxylic acid groups (broad SMARTS) is 1. The molecule has 2 rings (SSSR count). The van der Waals surface area contributed by atoms with Crippen molar-refractivity contribution in [2.24, 2.45) is 11.8 Å². The third-order valence-electron chi connectivity index (χ3n) is 3.91. The van der Waals surface area contributed by atoms with Gasteiger partial charge in [0.15, 0.2) is 0 Å². The Morgan fingerprint density at radius 3 is 2.48 bits per heavy atom. The molecule has 1 aromatic rings. The quantitative estimate of drug-likeness (QED) is 0.920. The summed E-state index contributed by atoms with van der Waals surface area (Å²) in [6.07, 6.45) is 1.65. The van der Waals surface area contributed by atoms with Crippen molar-refractivity contribution in [3.8, 4) is 0 Å². The highest BCUT2D eigenvalue weighted by Crippen LogP contribution is 2.32. The first kappa shape index (κ1) is 16.1. The highest BCUT2D eigenvalue weighted by atomic mass is 35.5. The Bertz CT molecular complexity index is 562. The van der Waals surface area contributed by atoms with E-state index in [0.29, 0.717) is 35.9 Å². The number of rotatable bonds is 4. The summed E-state index contributed by atoms with van der Waals surface area (Å²) in [5.74, 6) is -1.40. The molecule has 21 heavy (non-hydrogen) atoms. The topological polar surface area (TPSA) is 57.6 Å². The average molecular weight is 330 g/mol. The van der Waals surface area contributed by atoms with Gasteiger partial charge >= 0.3 is 5.97 Å². The summed E-state index contributed by atoms with van der Waals surface area (Å²) < 4.78 is 0. The van der Waals surface area contributed by atoms with E-state index in [4.69, 9.17) is 28.3 Å². The molecule has 1 aliphatic carbocycles. The first-order chi connectivity index (χ1) is 9.88. The average Bonchev–Trinajstić information content (AvgIpc) is 2.92. The SMILES string of the molecule is CN(Cc1ccc(Cl)c(Cl)c1)C(=O)C1CCC(C(=O)O)C1. The molecule has 1 aliphatic rings. The molecule has 1 N–H and O–H groups in total. The van der Waals surface area contributed by atoms with Crippen molar-refractivity contribution in [2.45, 2.75) is 25.8 Å². The number of benzene rings is 1. The van der Waals surface area contributed by atoms with Gasteiger partial charge in [-0.3, -0.25) is 9.59 Å². The molecule has 6 heteroatoms. The lowest BCUT2D eigenvalue weighted by Crippen LogP contribution is -2.31. The second-order valence-corrected chi connectivity index (χ2v) is 6.30. The lowest BCUT2D eigenvalue weighted by Gasteiger charge is -2.21. The second-order valence-electron chi connectivity index (χ2n) is 5.49. The van der Waals surface area contributed by atoms with Gasteiger partial charge in [-0.1, -0.05) is 29.3 Å². The number of aliphatic carboxylic acids is 1. The van der Waals surface area contributed by atoms with Gasteiger partial charge in [-0.25, -0.2) is 0 Å². The van der Waals surface area contributed by atoms with Gasteiger partial charge in [-0.05, 0) is 37.0 Å². The first-order valence-electron chi connectivity index (χ1n) is 6.80. The Morgan fingerprint density at radius 1 is 1.24 bits per heavy atom. The fraction of sp³-hybridized carbons (Fsp3) is 0.467. The molecule has 0 aromatic heterocycles. The summed E-state index contributed by atoms with van der Waals surface area (Å²) >= 11 is 11.8.